The Hall–Kier alpha value is -6.90. The highest BCUT2D eigenvalue weighted by atomic mass is 14.8. The maximum absolute atomic E-state index is 5.33. The highest BCUT2D eigenvalue weighted by molar-refractivity contribution is 6.16. The summed E-state index contributed by atoms with van der Waals surface area (Å²) in [6, 6.07) is 71.8. The third kappa shape index (κ3) is 5.10. The molecule has 0 aromatic heterocycles. The van der Waals surface area contributed by atoms with Crippen molar-refractivity contribution in [3.05, 3.63) is 250 Å². The SMILES string of the molecule is Cc1ccc(/N=C(\c2ccccc2)c2ccc3c(c2)C2(c4ccccc4-c4ccc(/C(=N/c5ccccc5)c5ccccc5)cc42)c2ccccc2-3)cc1. The van der Waals surface area contributed by atoms with Crippen molar-refractivity contribution >= 4 is 22.8 Å². The van der Waals surface area contributed by atoms with Gasteiger partial charge in [0.15, 0.2) is 0 Å². The topological polar surface area (TPSA) is 24.7 Å². The Bertz CT molecular complexity index is 2730. The number of hydrogen-bond acceptors (Lipinski definition) is 2. The van der Waals surface area contributed by atoms with Crippen LogP contribution in [0.5, 0.6) is 0 Å². The number of aryl methyl sites for hydroxylation is 1. The van der Waals surface area contributed by atoms with Gasteiger partial charge in [0.1, 0.15) is 0 Å². The highest BCUT2D eigenvalue weighted by Gasteiger charge is 2.51. The fraction of sp³-hybridized carbons (Fsp3) is 0.0385. The number of fused-ring (bicyclic) bond motifs is 10. The lowest BCUT2D eigenvalue weighted by Crippen LogP contribution is -2.26. The summed E-state index contributed by atoms with van der Waals surface area (Å²) in [6.07, 6.45) is 0. The van der Waals surface area contributed by atoms with Crippen molar-refractivity contribution < 1.29 is 0 Å². The fourth-order valence-corrected chi connectivity index (χ4v) is 8.60. The second-order valence-corrected chi connectivity index (χ2v) is 14.2. The van der Waals surface area contributed by atoms with Crippen LogP contribution in [-0.4, -0.2) is 11.4 Å². The molecule has 2 aliphatic carbocycles. The summed E-state index contributed by atoms with van der Waals surface area (Å²) in [5.74, 6) is 0. The second-order valence-electron chi connectivity index (χ2n) is 14.2. The normalized spacial score (nSPS) is 15.4. The molecule has 2 heteroatoms. The average molecular weight is 689 g/mol. The molecule has 1 unspecified atom stereocenters. The van der Waals surface area contributed by atoms with Gasteiger partial charge in [-0.25, -0.2) is 9.98 Å². The molecule has 0 heterocycles. The van der Waals surface area contributed by atoms with Crippen LogP contribution >= 0.6 is 0 Å². The Balaban J connectivity index is 1.25. The molecule has 0 N–H and O–H groups in total. The van der Waals surface area contributed by atoms with Gasteiger partial charge in [0, 0.05) is 22.3 Å². The van der Waals surface area contributed by atoms with Crippen molar-refractivity contribution in [1.82, 2.24) is 0 Å². The van der Waals surface area contributed by atoms with Crippen molar-refractivity contribution in [1.29, 1.82) is 0 Å². The average Bonchev–Trinajstić information content (AvgIpc) is 3.70. The van der Waals surface area contributed by atoms with Crippen LogP contribution in [-0.2, 0) is 5.41 Å². The number of rotatable bonds is 6. The molecular weight excluding hydrogens is 653 g/mol. The minimum Gasteiger partial charge on any atom is -0.248 e. The zero-order chi connectivity index (χ0) is 36.1. The second kappa shape index (κ2) is 12.9. The molecular formula is C52H36N2. The largest absolute Gasteiger partial charge is 0.248 e. The summed E-state index contributed by atoms with van der Waals surface area (Å²) in [5, 5.41) is 0. The highest BCUT2D eigenvalue weighted by Crippen LogP contribution is 2.63. The minimum atomic E-state index is -0.538. The molecule has 1 spiro atoms. The molecule has 54 heavy (non-hydrogen) atoms. The maximum Gasteiger partial charge on any atom is 0.0781 e. The molecule has 0 saturated heterocycles. The lowest BCUT2D eigenvalue weighted by atomic mass is 9.70. The first-order valence-electron chi connectivity index (χ1n) is 18.6. The van der Waals surface area contributed by atoms with Crippen LogP contribution in [0.25, 0.3) is 22.3 Å². The van der Waals surface area contributed by atoms with Crippen LogP contribution in [0.15, 0.2) is 210 Å². The van der Waals surface area contributed by atoms with Crippen LogP contribution in [0.3, 0.4) is 0 Å². The van der Waals surface area contributed by atoms with Gasteiger partial charge in [-0.3, -0.25) is 0 Å². The maximum atomic E-state index is 5.33. The zero-order valence-electron chi connectivity index (χ0n) is 29.9. The van der Waals surface area contributed by atoms with E-state index in [0.717, 1.165) is 45.1 Å². The number of aliphatic imine (C=N–C) groups is 2. The van der Waals surface area contributed by atoms with E-state index in [9.17, 15) is 0 Å². The summed E-state index contributed by atoms with van der Waals surface area (Å²) in [4.78, 5) is 10.6. The van der Waals surface area contributed by atoms with Gasteiger partial charge in [0.25, 0.3) is 0 Å². The molecule has 0 saturated carbocycles. The zero-order valence-corrected chi connectivity index (χ0v) is 29.9. The Morgan fingerprint density at radius 1 is 0.333 bits per heavy atom. The van der Waals surface area contributed by atoms with E-state index in [4.69, 9.17) is 9.98 Å². The molecule has 10 rings (SSSR count). The lowest BCUT2D eigenvalue weighted by molar-refractivity contribution is 0.793. The van der Waals surface area contributed by atoms with Crippen molar-refractivity contribution in [2.75, 3.05) is 0 Å². The molecule has 1 atom stereocenters. The van der Waals surface area contributed by atoms with Crippen LogP contribution in [0.1, 0.15) is 50.1 Å². The Kier molecular flexibility index (Phi) is 7.63. The van der Waals surface area contributed by atoms with Gasteiger partial charge >= 0.3 is 0 Å². The van der Waals surface area contributed by atoms with Gasteiger partial charge in [-0.1, -0.05) is 169 Å². The predicted molar refractivity (Wildman–Crippen MR) is 224 cm³/mol. The Morgan fingerprint density at radius 3 is 1.20 bits per heavy atom. The third-order valence-corrected chi connectivity index (χ3v) is 11.0. The third-order valence-electron chi connectivity index (χ3n) is 11.0. The number of hydrogen-bond donors (Lipinski definition) is 0. The summed E-state index contributed by atoms with van der Waals surface area (Å²) in [6.45, 7) is 2.11. The van der Waals surface area contributed by atoms with Crippen molar-refractivity contribution in [2.45, 2.75) is 12.3 Å². The van der Waals surface area contributed by atoms with E-state index in [-0.39, 0.29) is 0 Å². The first-order valence-corrected chi connectivity index (χ1v) is 18.6. The van der Waals surface area contributed by atoms with Gasteiger partial charge in [-0.2, -0.15) is 0 Å². The Labute approximate surface area is 316 Å². The molecule has 8 aromatic rings. The van der Waals surface area contributed by atoms with Gasteiger partial charge in [-0.05, 0) is 87.8 Å². The minimum absolute atomic E-state index is 0.538. The molecule has 0 amide bonds. The lowest BCUT2D eigenvalue weighted by Gasteiger charge is -2.31. The summed E-state index contributed by atoms with van der Waals surface area (Å²) < 4.78 is 0. The first kappa shape index (κ1) is 31.8. The number of benzene rings is 8. The standard InChI is InChI=1S/C52H36N2/c1-35-25-29-41(30-26-35)54-51(37-17-7-3-8-18-37)39-28-32-45-43-22-12-14-24-47(43)52(49(45)34-39)46-23-13-11-21-42(46)44-31-27-38(33-48(44)52)50(36-15-5-2-6-16-36)53-40-19-9-4-10-20-40/h2-34H,1H3/b53-50+,54-51+. The Morgan fingerprint density at radius 2 is 0.722 bits per heavy atom. The molecule has 0 bridgehead atoms. The van der Waals surface area contributed by atoms with E-state index in [1.165, 1.54) is 50.1 Å². The quantitative estimate of drug-likeness (QED) is 0.155. The molecule has 2 nitrogen and oxygen atoms in total. The van der Waals surface area contributed by atoms with Crippen molar-refractivity contribution in [3.8, 4) is 22.3 Å². The van der Waals surface area contributed by atoms with E-state index in [0.29, 0.717) is 0 Å². The smallest absolute Gasteiger partial charge is 0.0781 e. The van der Waals surface area contributed by atoms with E-state index in [2.05, 4.69) is 189 Å². The monoisotopic (exact) mass is 688 g/mol. The summed E-state index contributed by atoms with van der Waals surface area (Å²) >= 11 is 0. The van der Waals surface area contributed by atoms with Gasteiger partial charge in [-0.15, -0.1) is 0 Å². The molecule has 0 radical (unpaired) electrons. The number of nitrogens with zero attached hydrogens (tertiary/aromatic N) is 2. The molecule has 0 aliphatic heterocycles. The van der Waals surface area contributed by atoms with E-state index < -0.39 is 5.41 Å². The van der Waals surface area contributed by atoms with E-state index in [1.54, 1.807) is 0 Å². The molecule has 2 aliphatic rings. The van der Waals surface area contributed by atoms with Gasteiger partial charge in [0.05, 0.1) is 28.2 Å². The number of para-hydroxylation sites is 1. The first-order chi connectivity index (χ1) is 26.7. The van der Waals surface area contributed by atoms with Crippen LogP contribution in [0, 0.1) is 6.92 Å². The van der Waals surface area contributed by atoms with Gasteiger partial charge in [0.2, 0.25) is 0 Å². The molecule has 0 fully saturated rings. The summed E-state index contributed by atoms with van der Waals surface area (Å²) in [5.41, 5.74) is 19.0. The van der Waals surface area contributed by atoms with Crippen molar-refractivity contribution in [3.63, 3.8) is 0 Å². The summed E-state index contributed by atoms with van der Waals surface area (Å²) in [7, 11) is 0. The van der Waals surface area contributed by atoms with Crippen molar-refractivity contribution in [2.24, 2.45) is 9.98 Å². The van der Waals surface area contributed by atoms with Crippen LogP contribution < -0.4 is 0 Å². The molecule has 8 aromatic carbocycles. The predicted octanol–water partition coefficient (Wildman–Crippen LogP) is 12.7. The van der Waals surface area contributed by atoms with Gasteiger partial charge < -0.3 is 0 Å². The van der Waals surface area contributed by atoms with E-state index in [1.807, 2.05) is 18.2 Å². The fourth-order valence-electron chi connectivity index (χ4n) is 8.60. The van der Waals surface area contributed by atoms with E-state index >= 15 is 0 Å². The van der Waals surface area contributed by atoms with Crippen LogP contribution in [0.4, 0.5) is 11.4 Å². The molecule has 254 valence electrons. The van der Waals surface area contributed by atoms with Crippen LogP contribution in [0.2, 0.25) is 0 Å².